The summed E-state index contributed by atoms with van der Waals surface area (Å²) in [6.07, 6.45) is -4.07. The van der Waals surface area contributed by atoms with Gasteiger partial charge >= 0.3 is 6.18 Å². The summed E-state index contributed by atoms with van der Waals surface area (Å²) in [6, 6.07) is 2.48. The molecule has 0 saturated carbocycles. The van der Waals surface area contributed by atoms with Gasteiger partial charge in [0, 0.05) is 5.56 Å². The molecule has 1 heterocycles. The van der Waals surface area contributed by atoms with Gasteiger partial charge in [-0.05, 0) is 24.6 Å². The Hall–Kier alpha value is -1.63. The highest BCUT2D eigenvalue weighted by molar-refractivity contribution is 7.16. The molecule has 0 aliphatic heterocycles. The molecule has 2 nitrogen and oxygen atoms in total. The monoisotopic (exact) mass is 290 g/mol. The molecule has 2 aromatic rings. The van der Waals surface area contributed by atoms with Crippen LogP contribution in [0.2, 0.25) is 0 Å². The van der Waals surface area contributed by atoms with Crippen LogP contribution in [-0.2, 0) is 12.6 Å². The summed E-state index contributed by atoms with van der Waals surface area (Å²) >= 11 is 1.14. The zero-order chi connectivity index (χ0) is 14.2. The number of aryl methyl sites for hydroxylation is 1. The lowest BCUT2D eigenvalue weighted by Gasteiger charge is -2.11. The first kappa shape index (κ1) is 13.8. The average Bonchev–Trinajstić information content (AvgIpc) is 2.69. The van der Waals surface area contributed by atoms with Crippen LogP contribution >= 0.6 is 11.3 Å². The Morgan fingerprint density at radius 1 is 1.32 bits per heavy atom. The Morgan fingerprint density at radius 2 is 2.00 bits per heavy atom. The van der Waals surface area contributed by atoms with E-state index >= 15 is 0 Å². The second kappa shape index (κ2) is 4.80. The Kier molecular flexibility index (Phi) is 3.49. The normalized spacial score (nSPS) is 11.8. The van der Waals surface area contributed by atoms with Crippen molar-refractivity contribution in [3.63, 3.8) is 0 Å². The third-order valence-electron chi connectivity index (χ3n) is 2.54. The topological polar surface area (TPSA) is 38.9 Å². The van der Waals surface area contributed by atoms with Gasteiger partial charge in [-0.25, -0.2) is 9.37 Å². The molecule has 2 rings (SSSR count). The first-order chi connectivity index (χ1) is 8.82. The second-order valence-corrected chi connectivity index (χ2v) is 4.98. The van der Waals surface area contributed by atoms with Gasteiger partial charge in [0.2, 0.25) is 0 Å². The summed E-state index contributed by atoms with van der Waals surface area (Å²) < 4.78 is 51.7. The predicted octanol–water partition coefficient (Wildman–Crippen LogP) is 4.11. The van der Waals surface area contributed by atoms with Gasteiger partial charge in [-0.15, -0.1) is 11.3 Å². The number of alkyl halides is 3. The van der Waals surface area contributed by atoms with Crippen LogP contribution in [0.4, 0.5) is 22.6 Å². The standard InChI is InChI=1S/C12H10F4N2S/c1-2-9-18-10(11(17)19-9)7-4-3-6(13)5-8(7)12(14,15)16/h3-5H,2,17H2,1H3. The summed E-state index contributed by atoms with van der Waals surface area (Å²) in [6.45, 7) is 1.83. The van der Waals surface area contributed by atoms with Gasteiger partial charge in [-0.1, -0.05) is 6.92 Å². The predicted molar refractivity (Wildman–Crippen MR) is 66.3 cm³/mol. The second-order valence-electron chi connectivity index (χ2n) is 3.86. The third kappa shape index (κ3) is 2.70. The SMILES string of the molecule is CCc1nc(-c2ccc(F)cc2C(F)(F)F)c(N)s1. The minimum absolute atomic E-state index is 0.0641. The van der Waals surface area contributed by atoms with Crippen molar-refractivity contribution in [3.8, 4) is 11.3 Å². The summed E-state index contributed by atoms with van der Waals surface area (Å²) in [5.41, 5.74) is 4.50. The first-order valence-corrected chi connectivity index (χ1v) is 6.27. The molecule has 0 atom stereocenters. The minimum Gasteiger partial charge on any atom is -0.389 e. The molecule has 19 heavy (non-hydrogen) atoms. The summed E-state index contributed by atoms with van der Waals surface area (Å²) in [7, 11) is 0. The lowest BCUT2D eigenvalue weighted by molar-refractivity contribution is -0.137. The number of anilines is 1. The number of rotatable bonds is 2. The molecule has 1 aromatic carbocycles. The van der Waals surface area contributed by atoms with Crippen LogP contribution in [0.25, 0.3) is 11.3 Å². The van der Waals surface area contributed by atoms with E-state index in [4.69, 9.17) is 5.73 Å². The van der Waals surface area contributed by atoms with Crippen LogP contribution < -0.4 is 5.73 Å². The van der Waals surface area contributed by atoms with Crippen molar-refractivity contribution in [2.75, 3.05) is 5.73 Å². The molecular formula is C12H10F4N2S. The van der Waals surface area contributed by atoms with E-state index in [1.165, 1.54) is 0 Å². The quantitative estimate of drug-likeness (QED) is 0.845. The van der Waals surface area contributed by atoms with Gasteiger partial charge in [0.05, 0.1) is 10.6 Å². The van der Waals surface area contributed by atoms with Gasteiger partial charge in [-0.2, -0.15) is 13.2 Å². The van der Waals surface area contributed by atoms with E-state index in [9.17, 15) is 17.6 Å². The maximum Gasteiger partial charge on any atom is 0.417 e. The van der Waals surface area contributed by atoms with Crippen molar-refractivity contribution in [2.45, 2.75) is 19.5 Å². The fourth-order valence-electron chi connectivity index (χ4n) is 1.68. The Labute approximate surface area is 110 Å². The maximum atomic E-state index is 13.0. The number of aromatic nitrogens is 1. The van der Waals surface area contributed by atoms with Gasteiger partial charge in [0.1, 0.15) is 16.5 Å². The molecule has 1 aromatic heterocycles. The number of thiazole rings is 1. The van der Waals surface area contributed by atoms with E-state index in [0.717, 1.165) is 23.5 Å². The fourth-order valence-corrected chi connectivity index (χ4v) is 2.47. The minimum atomic E-state index is -4.65. The van der Waals surface area contributed by atoms with Crippen molar-refractivity contribution in [3.05, 3.63) is 34.6 Å². The molecule has 0 aliphatic rings. The van der Waals surface area contributed by atoms with Crippen molar-refractivity contribution >= 4 is 16.3 Å². The molecule has 0 radical (unpaired) electrons. The van der Waals surface area contributed by atoms with E-state index < -0.39 is 17.6 Å². The highest BCUT2D eigenvalue weighted by atomic mass is 32.1. The zero-order valence-corrected chi connectivity index (χ0v) is 10.7. The summed E-state index contributed by atoms with van der Waals surface area (Å²) in [5, 5.41) is 0.846. The van der Waals surface area contributed by atoms with Gasteiger partial charge in [0.25, 0.3) is 0 Å². The lowest BCUT2D eigenvalue weighted by Crippen LogP contribution is -2.08. The Bertz CT molecular complexity index is 604. The summed E-state index contributed by atoms with van der Waals surface area (Å²) in [4.78, 5) is 4.07. The van der Waals surface area contributed by atoms with Crippen molar-refractivity contribution in [2.24, 2.45) is 0 Å². The van der Waals surface area contributed by atoms with Crippen LogP contribution in [0, 0.1) is 5.82 Å². The van der Waals surface area contributed by atoms with Crippen molar-refractivity contribution < 1.29 is 17.6 Å². The number of hydrogen-bond acceptors (Lipinski definition) is 3. The maximum absolute atomic E-state index is 13.0. The average molecular weight is 290 g/mol. The number of benzene rings is 1. The third-order valence-corrected chi connectivity index (χ3v) is 3.57. The molecule has 0 fully saturated rings. The molecule has 2 N–H and O–H groups in total. The van der Waals surface area contributed by atoms with E-state index in [1.807, 2.05) is 6.92 Å². The Balaban J connectivity index is 2.64. The fraction of sp³-hybridized carbons (Fsp3) is 0.250. The summed E-state index contributed by atoms with van der Waals surface area (Å²) in [5.74, 6) is -0.944. The van der Waals surface area contributed by atoms with Gasteiger partial charge in [0.15, 0.2) is 0 Å². The van der Waals surface area contributed by atoms with Crippen molar-refractivity contribution in [1.29, 1.82) is 0 Å². The van der Waals surface area contributed by atoms with E-state index in [1.54, 1.807) is 0 Å². The molecule has 0 spiro atoms. The molecule has 102 valence electrons. The molecule has 0 amide bonds. The molecule has 0 bridgehead atoms. The van der Waals surface area contributed by atoms with Crippen LogP contribution in [0.5, 0.6) is 0 Å². The van der Waals surface area contributed by atoms with E-state index in [-0.39, 0.29) is 16.3 Å². The van der Waals surface area contributed by atoms with Crippen LogP contribution in [0.3, 0.4) is 0 Å². The molecule has 7 heteroatoms. The highest BCUT2D eigenvalue weighted by Gasteiger charge is 2.35. The molecular weight excluding hydrogens is 280 g/mol. The first-order valence-electron chi connectivity index (χ1n) is 5.45. The van der Waals surface area contributed by atoms with Crippen LogP contribution in [-0.4, -0.2) is 4.98 Å². The molecule has 0 aliphatic carbocycles. The van der Waals surface area contributed by atoms with Gasteiger partial charge < -0.3 is 5.73 Å². The largest absolute Gasteiger partial charge is 0.417 e. The van der Waals surface area contributed by atoms with Crippen LogP contribution in [0.1, 0.15) is 17.5 Å². The zero-order valence-electron chi connectivity index (χ0n) is 9.88. The Morgan fingerprint density at radius 3 is 2.53 bits per heavy atom. The lowest BCUT2D eigenvalue weighted by atomic mass is 10.0. The van der Waals surface area contributed by atoms with E-state index in [0.29, 0.717) is 17.5 Å². The smallest absolute Gasteiger partial charge is 0.389 e. The van der Waals surface area contributed by atoms with Crippen LogP contribution in [0.15, 0.2) is 18.2 Å². The molecule has 0 unspecified atom stereocenters. The number of nitrogen functional groups attached to an aromatic ring is 1. The number of nitrogens with two attached hydrogens (primary N) is 1. The number of hydrogen-bond donors (Lipinski definition) is 1. The molecule has 0 saturated heterocycles. The van der Waals surface area contributed by atoms with Gasteiger partial charge in [-0.3, -0.25) is 0 Å². The van der Waals surface area contributed by atoms with E-state index in [2.05, 4.69) is 4.98 Å². The number of nitrogens with zero attached hydrogens (tertiary/aromatic N) is 1. The number of halogens is 4. The van der Waals surface area contributed by atoms with Crippen molar-refractivity contribution in [1.82, 2.24) is 4.98 Å². The highest BCUT2D eigenvalue weighted by Crippen LogP contribution is 2.40.